The Kier molecular flexibility index (Phi) is 5.30. The summed E-state index contributed by atoms with van der Waals surface area (Å²) in [5, 5.41) is 13.2. The fraction of sp³-hybridized carbons (Fsp3) is 0.133. The van der Waals surface area contributed by atoms with Gasteiger partial charge in [0.15, 0.2) is 11.6 Å². The number of rotatable bonds is 5. The number of likely N-dealkylation sites (N-methyl/N-ethyl adjacent to an activating group) is 1. The van der Waals surface area contributed by atoms with Gasteiger partial charge < -0.3 is 10.2 Å². The van der Waals surface area contributed by atoms with Gasteiger partial charge in [-0.25, -0.2) is 8.78 Å². The maximum atomic E-state index is 13.2. The number of anilines is 2. The summed E-state index contributed by atoms with van der Waals surface area (Å²) < 4.78 is 26.1. The summed E-state index contributed by atoms with van der Waals surface area (Å²) in [6.45, 7) is -0.154. The Morgan fingerprint density at radius 3 is 2.54 bits per heavy atom. The number of carbonyl (C=O) groups is 1. The van der Waals surface area contributed by atoms with Crippen molar-refractivity contribution in [2.75, 3.05) is 23.8 Å². The Balaban J connectivity index is 2.05. The molecule has 0 atom stereocenters. The molecule has 0 saturated heterocycles. The van der Waals surface area contributed by atoms with E-state index in [2.05, 4.69) is 5.32 Å². The lowest BCUT2D eigenvalue weighted by Gasteiger charge is -2.19. The Hall–Kier alpha value is -2.74. The first kappa shape index (κ1) is 17.6. The minimum atomic E-state index is -1.02. The first-order valence-electron chi connectivity index (χ1n) is 6.68. The fourth-order valence-corrected chi connectivity index (χ4v) is 2.16. The molecule has 2 aromatic rings. The molecule has 0 spiro atoms. The van der Waals surface area contributed by atoms with Gasteiger partial charge in [-0.15, -0.1) is 0 Å². The summed E-state index contributed by atoms with van der Waals surface area (Å²) in [7, 11) is 1.53. The molecule has 9 heteroatoms. The predicted octanol–water partition coefficient (Wildman–Crippen LogP) is 3.60. The van der Waals surface area contributed by atoms with Crippen LogP contribution in [0.1, 0.15) is 0 Å². The summed E-state index contributed by atoms with van der Waals surface area (Å²) in [4.78, 5) is 23.5. The van der Waals surface area contributed by atoms with Gasteiger partial charge in [-0.05, 0) is 18.2 Å². The van der Waals surface area contributed by atoms with Crippen molar-refractivity contribution < 1.29 is 18.5 Å². The van der Waals surface area contributed by atoms with E-state index in [1.165, 1.54) is 30.1 Å². The maximum absolute atomic E-state index is 13.2. The normalized spacial score (nSPS) is 10.3. The van der Waals surface area contributed by atoms with Crippen molar-refractivity contribution in [3.05, 3.63) is 63.2 Å². The Morgan fingerprint density at radius 2 is 1.96 bits per heavy atom. The van der Waals surface area contributed by atoms with Gasteiger partial charge in [0.05, 0.1) is 22.2 Å². The van der Waals surface area contributed by atoms with Crippen molar-refractivity contribution in [1.29, 1.82) is 0 Å². The summed E-state index contributed by atoms with van der Waals surface area (Å²) >= 11 is 5.89. The molecule has 6 nitrogen and oxygen atoms in total. The number of benzene rings is 2. The molecule has 126 valence electrons. The molecule has 0 aromatic heterocycles. The van der Waals surface area contributed by atoms with Crippen molar-refractivity contribution in [2.24, 2.45) is 0 Å². The van der Waals surface area contributed by atoms with E-state index >= 15 is 0 Å². The highest BCUT2D eigenvalue weighted by atomic mass is 35.5. The van der Waals surface area contributed by atoms with Crippen LogP contribution < -0.4 is 10.2 Å². The molecule has 0 heterocycles. The quantitative estimate of drug-likeness (QED) is 0.656. The maximum Gasteiger partial charge on any atom is 0.271 e. The topological polar surface area (TPSA) is 75.5 Å². The standard InChI is InChI=1S/C15H12ClF2N3O3/c1-20(9-2-4-12(17)13(18)7-9)8-15(22)19-14-5-3-10(21(23)24)6-11(14)16/h2-7H,8H2,1H3,(H,19,22). The van der Waals surface area contributed by atoms with Gasteiger partial charge in [0.25, 0.3) is 5.69 Å². The molecule has 24 heavy (non-hydrogen) atoms. The van der Waals surface area contributed by atoms with Crippen LogP contribution in [0.15, 0.2) is 36.4 Å². The molecule has 1 N–H and O–H groups in total. The molecular weight excluding hydrogens is 344 g/mol. The molecule has 2 rings (SSSR count). The SMILES string of the molecule is CN(CC(=O)Nc1ccc([N+](=O)[O-])cc1Cl)c1ccc(F)c(F)c1. The highest BCUT2D eigenvalue weighted by Crippen LogP contribution is 2.26. The molecule has 0 aliphatic carbocycles. The van der Waals surface area contributed by atoms with Crippen molar-refractivity contribution in [2.45, 2.75) is 0 Å². The largest absolute Gasteiger partial charge is 0.365 e. The van der Waals surface area contributed by atoms with Crippen molar-refractivity contribution in [1.82, 2.24) is 0 Å². The zero-order valence-electron chi connectivity index (χ0n) is 12.4. The van der Waals surface area contributed by atoms with E-state index in [0.29, 0.717) is 5.69 Å². The third kappa shape index (κ3) is 4.17. The van der Waals surface area contributed by atoms with E-state index in [4.69, 9.17) is 11.6 Å². The zero-order valence-corrected chi connectivity index (χ0v) is 13.2. The number of hydrogen-bond donors (Lipinski definition) is 1. The number of amides is 1. The van der Waals surface area contributed by atoms with Crippen LogP contribution in [-0.2, 0) is 4.79 Å². The first-order valence-corrected chi connectivity index (χ1v) is 7.05. The summed E-state index contributed by atoms with van der Waals surface area (Å²) in [6.07, 6.45) is 0. The molecule has 0 fully saturated rings. The second kappa shape index (κ2) is 7.22. The van der Waals surface area contributed by atoms with Gasteiger partial charge >= 0.3 is 0 Å². The van der Waals surface area contributed by atoms with Gasteiger partial charge in [-0.2, -0.15) is 0 Å². The predicted molar refractivity (Wildman–Crippen MR) is 86.4 cm³/mol. The second-order valence-corrected chi connectivity index (χ2v) is 5.33. The average molecular weight is 356 g/mol. The average Bonchev–Trinajstić information content (AvgIpc) is 2.51. The molecular formula is C15H12ClF2N3O3. The van der Waals surface area contributed by atoms with Crippen molar-refractivity contribution in [3.8, 4) is 0 Å². The Labute approximate surface area is 140 Å². The van der Waals surface area contributed by atoms with Gasteiger partial charge in [0.2, 0.25) is 5.91 Å². The van der Waals surface area contributed by atoms with E-state index in [1.54, 1.807) is 0 Å². The van der Waals surface area contributed by atoms with Crippen molar-refractivity contribution in [3.63, 3.8) is 0 Å². The van der Waals surface area contributed by atoms with E-state index in [1.807, 2.05) is 0 Å². The third-order valence-electron chi connectivity index (χ3n) is 3.16. The molecule has 1 amide bonds. The smallest absolute Gasteiger partial charge is 0.271 e. The Morgan fingerprint density at radius 1 is 1.25 bits per heavy atom. The summed E-state index contributed by atoms with van der Waals surface area (Å²) in [5.41, 5.74) is 0.335. The zero-order chi connectivity index (χ0) is 17.9. The number of halogens is 3. The van der Waals surface area contributed by atoms with Gasteiger partial charge in [-0.1, -0.05) is 11.6 Å². The number of nitro groups is 1. The minimum Gasteiger partial charge on any atom is -0.365 e. The lowest BCUT2D eigenvalue weighted by Crippen LogP contribution is -2.30. The third-order valence-corrected chi connectivity index (χ3v) is 3.48. The summed E-state index contributed by atoms with van der Waals surface area (Å²) in [6, 6.07) is 6.92. The molecule has 2 aromatic carbocycles. The van der Waals surface area contributed by atoms with E-state index in [-0.39, 0.29) is 22.9 Å². The number of hydrogen-bond acceptors (Lipinski definition) is 4. The van der Waals surface area contributed by atoms with Crippen LogP contribution in [0.5, 0.6) is 0 Å². The number of non-ortho nitro benzene ring substituents is 1. The minimum absolute atomic E-state index is 0.0213. The molecule has 0 unspecified atom stereocenters. The first-order chi connectivity index (χ1) is 11.3. The lowest BCUT2D eigenvalue weighted by molar-refractivity contribution is -0.384. The van der Waals surface area contributed by atoms with Crippen LogP contribution in [-0.4, -0.2) is 24.4 Å². The number of nitrogens with one attached hydrogen (secondary N) is 1. The lowest BCUT2D eigenvalue weighted by atomic mass is 10.2. The van der Waals surface area contributed by atoms with Crippen molar-refractivity contribution >= 4 is 34.6 Å². The molecule has 0 saturated carbocycles. The molecule has 0 aliphatic rings. The second-order valence-electron chi connectivity index (χ2n) is 4.92. The van der Waals surface area contributed by atoms with E-state index in [0.717, 1.165) is 18.2 Å². The number of nitro benzene ring substituents is 1. The summed E-state index contributed by atoms with van der Waals surface area (Å²) in [5.74, 6) is -2.47. The van der Waals surface area contributed by atoms with Crippen LogP contribution in [0.2, 0.25) is 5.02 Å². The van der Waals surface area contributed by atoms with Crippen LogP contribution in [0.4, 0.5) is 25.8 Å². The van der Waals surface area contributed by atoms with Crippen LogP contribution in [0, 0.1) is 21.7 Å². The molecule has 0 aliphatic heterocycles. The highest BCUT2D eigenvalue weighted by molar-refractivity contribution is 6.34. The highest BCUT2D eigenvalue weighted by Gasteiger charge is 2.14. The Bertz CT molecular complexity index is 802. The van der Waals surface area contributed by atoms with Gasteiger partial charge in [0, 0.05) is 30.9 Å². The van der Waals surface area contributed by atoms with Crippen LogP contribution >= 0.6 is 11.6 Å². The van der Waals surface area contributed by atoms with Crippen LogP contribution in [0.3, 0.4) is 0 Å². The molecule has 0 radical (unpaired) electrons. The number of carbonyl (C=O) groups excluding carboxylic acids is 1. The van der Waals surface area contributed by atoms with Gasteiger partial charge in [0.1, 0.15) is 0 Å². The fourth-order valence-electron chi connectivity index (χ4n) is 1.94. The molecule has 0 bridgehead atoms. The van der Waals surface area contributed by atoms with E-state index in [9.17, 15) is 23.7 Å². The monoisotopic (exact) mass is 355 g/mol. The van der Waals surface area contributed by atoms with E-state index < -0.39 is 22.5 Å². The number of nitrogens with zero attached hydrogens (tertiary/aromatic N) is 2. The van der Waals surface area contributed by atoms with Crippen LogP contribution in [0.25, 0.3) is 0 Å². The van der Waals surface area contributed by atoms with Gasteiger partial charge in [-0.3, -0.25) is 14.9 Å².